The number of carbonyl (C=O) groups excluding carboxylic acids is 3. The van der Waals surface area contributed by atoms with Gasteiger partial charge in [0.15, 0.2) is 0 Å². The number of amides is 3. The van der Waals surface area contributed by atoms with Gasteiger partial charge in [-0.1, -0.05) is 12.1 Å². The normalized spacial score (nSPS) is 16.8. The van der Waals surface area contributed by atoms with Gasteiger partial charge in [0.25, 0.3) is 11.5 Å². The summed E-state index contributed by atoms with van der Waals surface area (Å²) in [6, 6.07) is 11.2. The van der Waals surface area contributed by atoms with Crippen LogP contribution in [0.2, 0.25) is 0 Å². The first-order valence-corrected chi connectivity index (χ1v) is 12.6. The highest BCUT2D eigenvalue weighted by Gasteiger charge is 2.21. The van der Waals surface area contributed by atoms with Gasteiger partial charge in [-0.05, 0) is 43.5 Å². The standard InChI is InChI=1S/C27H31N5O6/c1-37-18-9-10-20-23(16-18)38-15-13-29-26(35)22(8-4-5-12-28-25(20)34)31-24(33)11-14-32-17-30-21-7-3-2-6-19(21)27(32)36/h2-3,6-7,9-10,16-17,22H,4-5,8,11-15H2,1H3,(H,28,34)(H,29,35)(H,31,33)/t22-/m0/s1. The molecule has 3 N–H and O–H groups in total. The second-order valence-electron chi connectivity index (χ2n) is 8.88. The minimum absolute atomic E-state index is 0.0154. The minimum atomic E-state index is -0.750. The summed E-state index contributed by atoms with van der Waals surface area (Å²) in [7, 11) is 1.52. The molecule has 11 heteroatoms. The van der Waals surface area contributed by atoms with Crippen LogP contribution < -0.4 is 31.0 Å². The fourth-order valence-corrected chi connectivity index (χ4v) is 4.19. The van der Waals surface area contributed by atoms with Gasteiger partial charge >= 0.3 is 0 Å². The molecule has 4 rings (SSSR count). The Labute approximate surface area is 219 Å². The first-order valence-electron chi connectivity index (χ1n) is 12.6. The molecule has 2 aromatic carbocycles. The second-order valence-corrected chi connectivity index (χ2v) is 8.88. The van der Waals surface area contributed by atoms with E-state index in [4.69, 9.17) is 9.47 Å². The molecule has 1 aliphatic heterocycles. The third-order valence-corrected chi connectivity index (χ3v) is 6.26. The Bertz CT molecular complexity index is 1370. The first-order chi connectivity index (χ1) is 18.5. The van der Waals surface area contributed by atoms with E-state index in [-0.39, 0.29) is 49.4 Å². The zero-order chi connectivity index (χ0) is 26.9. The number of aromatic nitrogens is 2. The number of aryl methyl sites for hydroxylation is 1. The Hall–Kier alpha value is -4.41. The number of rotatable bonds is 5. The van der Waals surface area contributed by atoms with Crippen LogP contribution in [0.4, 0.5) is 0 Å². The molecule has 1 aliphatic rings. The molecule has 0 spiro atoms. The van der Waals surface area contributed by atoms with Crippen molar-refractivity contribution in [3.63, 3.8) is 0 Å². The van der Waals surface area contributed by atoms with E-state index in [9.17, 15) is 19.2 Å². The Morgan fingerprint density at radius 2 is 1.97 bits per heavy atom. The smallest absolute Gasteiger partial charge is 0.261 e. The number of benzene rings is 2. The molecule has 3 amide bonds. The summed E-state index contributed by atoms with van der Waals surface area (Å²) in [6.07, 6.45) is 3.07. The molecule has 2 heterocycles. The van der Waals surface area contributed by atoms with Crippen LogP contribution >= 0.6 is 0 Å². The van der Waals surface area contributed by atoms with E-state index in [1.165, 1.54) is 18.0 Å². The number of nitrogens with zero attached hydrogens (tertiary/aromatic N) is 2. The van der Waals surface area contributed by atoms with Crippen molar-refractivity contribution < 1.29 is 23.9 Å². The third-order valence-electron chi connectivity index (χ3n) is 6.26. The van der Waals surface area contributed by atoms with E-state index in [0.29, 0.717) is 53.8 Å². The van der Waals surface area contributed by atoms with Crippen LogP contribution in [0.25, 0.3) is 10.9 Å². The van der Waals surface area contributed by atoms with Gasteiger partial charge in [-0.2, -0.15) is 0 Å². The fourth-order valence-electron chi connectivity index (χ4n) is 4.19. The average Bonchev–Trinajstić information content (AvgIpc) is 2.93. The zero-order valence-corrected chi connectivity index (χ0v) is 21.2. The van der Waals surface area contributed by atoms with E-state index >= 15 is 0 Å². The Morgan fingerprint density at radius 3 is 2.82 bits per heavy atom. The van der Waals surface area contributed by atoms with E-state index in [2.05, 4.69) is 20.9 Å². The topological polar surface area (TPSA) is 141 Å². The highest BCUT2D eigenvalue weighted by Crippen LogP contribution is 2.25. The zero-order valence-electron chi connectivity index (χ0n) is 21.2. The summed E-state index contributed by atoms with van der Waals surface area (Å²) >= 11 is 0. The Morgan fingerprint density at radius 1 is 1.13 bits per heavy atom. The summed E-state index contributed by atoms with van der Waals surface area (Å²) in [4.78, 5) is 55.1. The van der Waals surface area contributed by atoms with Crippen molar-refractivity contribution in [3.8, 4) is 11.5 Å². The van der Waals surface area contributed by atoms with Crippen LogP contribution in [0, 0.1) is 0 Å². The van der Waals surface area contributed by atoms with Gasteiger partial charge < -0.3 is 25.4 Å². The lowest BCUT2D eigenvalue weighted by atomic mass is 10.1. The van der Waals surface area contributed by atoms with Gasteiger partial charge in [0.1, 0.15) is 24.1 Å². The summed E-state index contributed by atoms with van der Waals surface area (Å²) in [5.41, 5.74) is 0.762. The second kappa shape index (κ2) is 12.7. The number of hydrogen-bond acceptors (Lipinski definition) is 7. The predicted octanol–water partition coefficient (Wildman–Crippen LogP) is 1.39. The predicted molar refractivity (Wildman–Crippen MR) is 140 cm³/mol. The highest BCUT2D eigenvalue weighted by molar-refractivity contribution is 5.97. The summed E-state index contributed by atoms with van der Waals surface area (Å²) in [5.74, 6) is -0.0231. The molecule has 0 radical (unpaired) electrons. The maximum absolute atomic E-state index is 12.9. The minimum Gasteiger partial charge on any atom is -0.497 e. The Balaban J connectivity index is 1.36. The summed E-state index contributed by atoms with van der Waals surface area (Å²) < 4.78 is 12.4. The van der Waals surface area contributed by atoms with Crippen LogP contribution in [0.5, 0.6) is 11.5 Å². The lowest BCUT2D eigenvalue weighted by Gasteiger charge is -2.20. The monoisotopic (exact) mass is 521 g/mol. The maximum Gasteiger partial charge on any atom is 0.261 e. The molecule has 11 nitrogen and oxygen atoms in total. The van der Waals surface area contributed by atoms with E-state index < -0.39 is 6.04 Å². The highest BCUT2D eigenvalue weighted by atomic mass is 16.5. The van der Waals surface area contributed by atoms with Crippen molar-refractivity contribution in [2.75, 3.05) is 26.8 Å². The maximum atomic E-state index is 12.9. The van der Waals surface area contributed by atoms with E-state index in [1.807, 2.05) is 0 Å². The van der Waals surface area contributed by atoms with Gasteiger partial charge in [0, 0.05) is 25.6 Å². The molecular formula is C27H31N5O6. The van der Waals surface area contributed by atoms with Crippen LogP contribution in [-0.2, 0) is 16.1 Å². The SMILES string of the molecule is COc1ccc2c(c1)OCCNC(=O)[C@@H](NC(=O)CCn1cnc3ccccc3c1=O)CCCCNC2=O. The molecule has 0 saturated carbocycles. The lowest BCUT2D eigenvalue weighted by Crippen LogP contribution is -2.48. The van der Waals surface area contributed by atoms with Crippen LogP contribution in [0.15, 0.2) is 53.6 Å². The first kappa shape index (κ1) is 26.6. The van der Waals surface area contributed by atoms with Gasteiger partial charge in [0.2, 0.25) is 11.8 Å². The van der Waals surface area contributed by atoms with Crippen molar-refractivity contribution in [2.45, 2.75) is 38.3 Å². The molecule has 38 heavy (non-hydrogen) atoms. The molecule has 0 bridgehead atoms. The van der Waals surface area contributed by atoms with Crippen molar-refractivity contribution in [1.29, 1.82) is 0 Å². The number of methoxy groups -OCH3 is 1. The van der Waals surface area contributed by atoms with Crippen molar-refractivity contribution in [1.82, 2.24) is 25.5 Å². The summed E-state index contributed by atoms with van der Waals surface area (Å²) in [5, 5.41) is 8.92. The third kappa shape index (κ3) is 6.67. The molecular weight excluding hydrogens is 490 g/mol. The molecule has 200 valence electrons. The van der Waals surface area contributed by atoms with Gasteiger partial charge in [-0.3, -0.25) is 23.7 Å². The van der Waals surface area contributed by atoms with E-state index in [0.717, 1.165) is 0 Å². The largest absolute Gasteiger partial charge is 0.497 e. The number of fused-ring (bicyclic) bond motifs is 2. The Kier molecular flexibility index (Phi) is 8.91. The van der Waals surface area contributed by atoms with Gasteiger partial charge in [-0.15, -0.1) is 0 Å². The molecule has 3 aromatic rings. The molecule has 0 saturated heterocycles. The van der Waals surface area contributed by atoms with Crippen LogP contribution in [0.1, 0.15) is 36.0 Å². The fraction of sp³-hybridized carbons (Fsp3) is 0.370. The van der Waals surface area contributed by atoms with Crippen molar-refractivity contribution in [3.05, 3.63) is 64.7 Å². The van der Waals surface area contributed by atoms with Crippen molar-refractivity contribution >= 4 is 28.6 Å². The van der Waals surface area contributed by atoms with Crippen molar-refractivity contribution in [2.24, 2.45) is 0 Å². The van der Waals surface area contributed by atoms with Crippen LogP contribution in [-0.4, -0.2) is 60.1 Å². The summed E-state index contributed by atoms with van der Waals surface area (Å²) in [6.45, 7) is 0.851. The van der Waals surface area contributed by atoms with Crippen LogP contribution in [0.3, 0.4) is 0 Å². The lowest BCUT2D eigenvalue weighted by molar-refractivity contribution is -0.129. The van der Waals surface area contributed by atoms with Gasteiger partial charge in [0.05, 0.1) is 36.4 Å². The quantitative estimate of drug-likeness (QED) is 0.461. The van der Waals surface area contributed by atoms with E-state index in [1.54, 1.807) is 42.5 Å². The molecule has 1 aromatic heterocycles. The number of para-hydroxylation sites is 1. The average molecular weight is 522 g/mol. The number of ether oxygens (including phenoxy) is 2. The number of hydrogen-bond donors (Lipinski definition) is 3. The number of nitrogens with one attached hydrogen (secondary N) is 3. The molecule has 1 atom stereocenters. The number of carbonyl (C=O) groups is 3. The molecule has 0 fully saturated rings. The molecule has 0 unspecified atom stereocenters. The molecule has 0 aliphatic carbocycles. The van der Waals surface area contributed by atoms with Gasteiger partial charge in [-0.25, -0.2) is 4.98 Å².